The van der Waals surface area contributed by atoms with Gasteiger partial charge in [-0.25, -0.2) is 12.7 Å². The Morgan fingerprint density at radius 1 is 1.22 bits per heavy atom. The number of likely N-dealkylation sites (tertiary alicyclic amines) is 1. The fourth-order valence-corrected chi connectivity index (χ4v) is 3.49. The van der Waals surface area contributed by atoms with E-state index in [1.54, 1.807) is 0 Å². The normalized spacial score (nSPS) is 27.3. The second-order valence-corrected chi connectivity index (χ2v) is 6.76. The largest absolute Gasteiger partial charge is 1.00 e. The number of rotatable bonds is 3. The second kappa shape index (κ2) is 5.93. The van der Waals surface area contributed by atoms with Crippen LogP contribution < -0.4 is 18.9 Å². The SMILES string of the molecule is CS(=O)(=O)N1CCC(N2CCC2C(=O)O)CC1.[H-].[Li+]. The Kier molecular flexibility index (Phi) is 5.27. The van der Waals surface area contributed by atoms with Crippen LogP contribution in [0.15, 0.2) is 0 Å². The molecule has 2 fully saturated rings. The predicted octanol–water partition coefficient (Wildman–Crippen LogP) is -3.31. The molecule has 2 aliphatic heterocycles. The van der Waals surface area contributed by atoms with Crippen LogP contribution in [0.2, 0.25) is 0 Å². The molecular formula is C10H19LiN2O4S. The first-order chi connectivity index (χ1) is 7.89. The van der Waals surface area contributed by atoms with Gasteiger partial charge in [0.15, 0.2) is 0 Å². The van der Waals surface area contributed by atoms with E-state index in [0.717, 1.165) is 19.4 Å². The van der Waals surface area contributed by atoms with Gasteiger partial charge in [-0.2, -0.15) is 0 Å². The third-order valence-corrected chi connectivity index (χ3v) is 5.01. The van der Waals surface area contributed by atoms with Crippen molar-refractivity contribution in [1.29, 1.82) is 0 Å². The van der Waals surface area contributed by atoms with E-state index in [-0.39, 0.29) is 32.4 Å². The molecule has 2 aliphatic rings. The first kappa shape index (κ1) is 16.0. The molecule has 2 saturated heterocycles. The molecule has 0 aromatic carbocycles. The Balaban J connectivity index is 0.00000162. The average Bonchev–Trinajstić information content (AvgIpc) is 2.14. The van der Waals surface area contributed by atoms with Gasteiger partial charge in [0.1, 0.15) is 6.04 Å². The number of hydrogen-bond donors (Lipinski definition) is 1. The monoisotopic (exact) mass is 270 g/mol. The minimum Gasteiger partial charge on any atom is -1.00 e. The molecular weight excluding hydrogens is 251 g/mol. The van der Waals surface area contributed by atoms with Gasteiger partial charge in [0.25, 0.3) is 0 Å². The average molecular weight is 270 g/mol. The van der Waals surface area contributed by atoms with Crippen molar-refractivity contribution in [2.75, 3.05) is 25.9 Å². The number of sulfonamides is 1. The summed E-state index contributed by atoms with van der Waals surface area (Å²) in [4.78, 5) is 12.9. The molecule has 0 aliphatic carbocycles. The summed E-state index contributed by atoms with van der Waals surface area (Å²) in [5.41, 5.74) is 0. The molecule has 2 heterocycles. The van der Waals surface area contributed by atoms with E-state index in [1.165, 1.54) is 10.6 Å². The first-order valence-electron chi connectivity index (χ1n) is 5.83. The van der Waals surface area contributed by atoms with Crippen LogP contribution in [0.4, 0.5) is 0 Å². The number of piperidine rings is 1. The van der Waals surface area contributed by atoms with Crippen molar-refractivity contribution in [2.45, 2.75) is 31.3 Å². The zero-order chi connectivity index (χ0) is 12.6. The van der Waals surface area contributed by atoms with Gasteiger partial charge in [-0.3, -0.25) is 9.69 Å². The number of carbonyl (C=O) groups is 1. The standard InChI is InChI=1S/C10H18N2O4S.Li.H/c1-17(15,16)11-5-2-8(3-6-11)12-7-4-9(12)10(13)14;;/h8-9H,2-7H2,1H3,(H,13,14);;/q;+1;-1. The van der Waals surface area contributed by atoms with Crippen LogP contribution in [0.5, 0.6) is 0 Å². The van der Waals surface area contributed by atoms with E-state index < -0.39 is 16.0 Å². The number of nitrogens with zero attached hydrogens (tertiary/aromatic N) is 2. The van der Waals surface area contributed by atoms with E-state index in [2.05, 4.69) is 0 Å². The quantitative estimate of drug-likeness (QED) is 0.543. The maximum Gasteiger partial charge on any atom is 1.00 e. The molecule has 100 valence electrons. The number of carboxylic acids is 1. The van der Waals surface area contributed by atoms with Crippen molar-refractivity contribution in [3.8, 4) is 0 Å². The first-order valence-corrected chi connectivity index (χ1v) is 7.68. The Bertz CT molecular complexity index is 412. The third kappa shape index (κ3) is 3.28. The molecule has 18 heavy (non-hydrogen) atoms. The molecule has 0 spiro atoms. The van der Waals surface area contributed by atoms with E-state index >= 15 is 0 Å². The van der Waals surface area contributed by atoms with Gasteiger partial charge in [0, 0.05) is 25.7 Å². The van der Waals surface area contributed by atoms with Crippen molar-refractivity contribution in [3.63, 3.8) is 0 Å². The molecule has 0 aromatic rings. The van der Waals surface area contributed by atoms with Crippen molar-refractivity contribution in [2.24, 2.45) is 0 Å². The fourth-order valence-electron chi connectivity index (χ4n) is 2.62. The summed E-state index contributed by atoms with van der Waals surface area (Å²) in [6, 6.07) is -0.132. The number of hydrogen-bond acceptors (Lipinski definition) is 4. The molecule has 8 heteroatoms. The van der Waals surface area contributed by atoms with Crippen LogP contribution in [0.1, 0.15) is 20.7 Å². The minimum atomic E-state index is -3.10. The van der Waals surface area contributed by atoms with Gasteiger partial charge < -0.3 is 6.53 Å². The smallest absolute Gasteiger partial charge is 1.00 e. The Morgan fingerprint density at radius 2 is 1.78 bits per heavy atom. The van der Waals surface area contributed by atoms with Gasteiger partial charge in [0.05, 0.1) is 6.26 Å². The zero-order valence-corrected chi connectivity index (χ0v) is 11.7. The summed E-state index contributed by atoms with van der Waals surface area (Å²) in [5, 5.41) is 8.97. The van der Waals surface area contributed by atoms with E-state index in [9.17, 15) is 13.2 Å². The van der Waals surface area contributed by atoms with Crippen LogP contribution in [0.3, 0.4) is 0 Å². The summed E-state index contributed by atoms with van der Waals surface area (Å²) >= 11 is 0. The molecule has 0 saturated carbocycles. The molecule has 1 unspecified atom stereocenters. The van der Waals surface area contributed by atoms with Crippen molar-refractivity contribution >= 4 is 16.0 Å². The van der Waals surface area contributed by atoms with Crippen LogP contribution in [0, 0.1) is 0 Å². The number of carboxylic acid groups (broad SMARTS) is 1. The van der Waals surface area contributed by atoms with E-state index in [0.29, 0.717) is 19.5 Å². The zero-order valence-electron chi connectivity index (χ0n) is 11.9. The number of aliphatic carboxylic acids is 1. The predicted molar refractivity (Wildman–Crippen MR) is 63.3 cm³/mol. The van der Waals surface area contributed by atoms with Crippen LogP contribution in [0.25, 0.3) is 0 Å². The van der Waals surface area contributed by atoms with Gasteiger partial charge in [0.2, 0.25) is 10.0 Å². The summed E-state index contributed by atoms with van der Waals surface area (Å²) in [5.74, 6) is -0.762. The van der Waals surface area contributed by atoms with Crippen LogP contribution in [-0.4, -0.2) is 66.7 Å². The van der Waals surface area contributed by atoms with Gasteiger partial charge in [-0.1, -0.05) is 0 Å². The molecule has 0 radical (unpaired) electrons. The van der Waals surface area contributed by atoms with Crippen molar-refractivity contribution < 1.29 is 38.6 Å². The second-order valence-electron chi connectivity index (χ2n) is 4.77. The minimum absolute atomic E-state index is 0. The molecule has 0 amide bonds. The Hall–Kier alpha value is -0.0626. The Morgan fingerprint density at radius 3 is 2.11 bits per heavy atom. The van der Waals surface area contributed by atoms with Crippen LogP contribution in [-0.2, 0) is 14.8 Å². The summed E-state index contributed by atoms with van der Waals surface area (Å²) in [6.45, 7) is 1.83. The summed E-state index contributed by atoms with van der Waals surface area (Å²) in [6.07, 6.45) is 3.40. The summed E-state index contributed by atoms with van der Waals surface area (Å²) in [7, 11) is -3.10. The summed E-state index contributed by atoms with van der Waals surface area (Å²) < 4.78 is 24.1. The molecule has 0 bridgehead atoms. The van der Waals surface area contributed by atoms with E-state index in [1.807, 2.05) is 4.90 Å². The van der Waals surface area contributed by atoms with Gasteiger partial charge in [-0.05, 0) is 19.3 Å². The molecule has 6 nitrogen and oxygen atoms in total. The fraction of sp³-hybridized carbons (Fsp3) is 0.900. The maximum absolute atomic E-state index is 11.3. The van der Waals surface area contributed by atoms with Gasteiger partial charge in [-0.15, -0.1) is 0 Å². The topological polar surface area (TPSA) is 77.9 Å². The molecule has 1 N–H and O–H groups in total. The third-order valence-electron chi connectivity index (χ3n) is 3.71. The van der Waals surface area contributed by atoms with E-state index in [4.69, 9.17) is 5.11 Å². The van der Waals surface area contributed by atoms with Crippen LogP contribution >= 0.6 is 0 Å². The molecule has 2 rings (SSSR count). The maximum atomic E-state index is 11.3. The molecule has 1 atom stereocenters. The molecule has 0 aromatic heterocycles. The van der Waals surface area contributed by atoms with Crippen molar-refractivity contribution in [1.82, 2.24) is 9.21 Å². The Labute approximate surface area is 121 Å². The van der Waals surface area contributed by atoms with Crippen molar-refractivity contribution in [3.05, 3.63) is 0 Å². The van der Waals surface area contributed by atoms with Gasteiger partial charge >= 0.3 is 24.8 Å².